The Morgan fingerprint density at radius 3 is 2.31 bits per heavy atom. The van der Waals surface area contributed by atoms with Gasteiger partial charge in [-0.1, -0.05) is 46.8 Å². The Morgan fingerprint density at radius 1 is 1.11 bits per heavy atom. The highest BCUT2D eigenvalue weighted by Crippen LogP contribution is 2.54. The molecule has 4 rings (SSSR count). The fraction of sp³-hybridized carbons (Fsp3) is 0.464. The third kappa shape index (κ3) is 4.66. The number of aromatic nitrogens is 3. The molecule has 1 amide bonds. The summed E-state index contributed by atoms with van der Waals surface area (Å²) in [6, 6.07) is 6.97. The first kappa shape index (κ1) is 25.9. The molecule has 1 aromatic carbocycles. The summed E-state index contributed by atoms with van der Waals surface area (Å²) in [6.45, 7) is 12.2. The van der Waals surface area contributed by atoms with Crippen LogP contribution in [-0.2, 0) is 10.2 Å². The second-order valence-electron chi connectivity index (χ2n) is 11.1. The predicted molar refractivity (Wildman–Crippen MR) is 140 cm³/mol. The van der Waals surface area contributed by atoms with Crippen LogP contribution in [0, 0.1) is 12.8 Å². The third-order valence-corrected chi connectivity index (χ3v) is 7.86. The Bertz CT molecular complexity index is 1230. The molecule has 190 valence electrons. The van der Waals surface area contributed by atoms with E-state index in [0.717, 1.165) is 11.3 Å². The van der Waals surface area contributed by atoms with Crippen LogP contribution in [0.3, 0.4) is 0 Å². The summed E-state index contributed by atoms with van der Waals surface area (Å²) >= 11 is 1.43. The Kier molecular flexibility index (Phi) is 7.01. The number of carboxylic acids is 1. The molecule has 0 radical (unpaired) electrons. The number of thiazole rings is 1. The maximum Gasteiger partial charge on any atom is 0.329 e. The molecule has 3 atom stereocenters. The van der Waals surface area contributed by atoms with E-state index >= 15 is 0 Å². The summed E-state index contributed by atoms with van der Waals surface area (Å²) in [6.07, 6.45) is 5.53. The molecule has 0 aliphatic carbocycles. The number of carbonyl (C=O) groups is 2. The largest absolute Gasteiger partial charge is 0.479 e. The van der Waals surface area contributed by atoms with Crippen molar-refractivity contribution in [3.63, 3.8) is 0 Å². The summed E-state index contributed by atoms with van der Waals surface area (Å²) in [5.41, 5.74) is 1.56. The third-order valence-electron chi connectivity index (χ3n) is 7.01. The van der Waals surface area contributed by atoms with Crippen LogP contribution in [-0.4, -0.2) is 42.4 Å². The van der Waals surface area contributed by atoms with Crippen molar-refractivity contribution in [3.05, 3.63) is 75.8 Å². The minimum Gasteiger partial charge on any atom is -0.479 e. The van der Waals surface area contributed by atoms with Gasteiger partial charge in [0.2, 0.25) is 0 Å². The van der Waals surface area contributed by atoms with Crippen molar-refractivity contribution < 1.29 is 14.7 Å². The SMILES string of the molecule is Cc1nccnc1[C@H]1C[C@@](CC(C)C)(C(=O)O)N(C(=O)c2ccc(C(C)(C)C)cc2)[C@H]1c1nccs1. The van der Waals surface area contributed by atoms with Gasteiger partial charge in [-0.3, -0.25) is 14.8 Å². The molecule has 2 aromatic heterocycles. The number of likely N-dealkylation sites (tertiary alicyclic amines) is 1. The molecule has 0 unspecified atom stereocenters. The standard InChI is InChI=1S/C28H34N4O3S/c1-17(2)15-28(26(34)35)16-21(22-18(3)29-11-12-30-22)23(24-31-13-14-36-24)32(28)25(33)19-7-9-20(10-8-19)27(4,5)6/h7-14,17,21,23H,15-16H2,1-6H3,(H,34,35)/t21-,23-,28+/m1/s1. The van der Waals surface area contributed by atoms with Gasteiger partial charge < -0.3 is 10.0 Å². The lowest BCUT2D eigenvalue weighted by molar-refractivity contribution is -0.150. The molecule has 0 bridgehead atoms. The molecule has 3 heterocycles. The van der Waals surface area contributed by atoms with Crippen LogP contribution in [0.25, 0.3) is 0 Å². The Hall–Kier alpha value is -3.13. The molecular weight excluding hydrogens is 472 g/mol. The molecule has 1 aliphatic heterocycles. The smallest absolute Gasteiger partial charge is 0.329 e. The lowest BCUT2D eigenvalue weighted by Gasteiger charge is -2.38. The van der Waals surface area contributed by atoms with E-state index in [1.54, 1.807) is 23.5 Å². The van der Waals surface area contributed by atoms with Crippen molar-refractivity contribution in [1.82, 2.24) is 19.9 Å². The molecule has 7 nitrogen and oxygen atoms in total. The van der Waals surface area contributed by atoms with Crippen LogP contribution in [0.15, 0.2) is 48.2 Å². The van der Waals surface area contributed by atoms with Crippen LogP contribution in [0.4, 0.5) is 0 Å². The van der Waals surface area contributed by atoms with E-state index in [4.69, 9.17) is 0 Å². The van der Waals surface area contributed by atoms with Gasteiger partial charge in [0.25, 0.3) is 5.91 Å². The van der Waals surface area contributed by atoms with Crippen molar-refractivity contribution >= 4 is 23.2 Å². The van der Waals surface area contributed by atoms with Crippen LogP contribution < -0.4 is 0 Å². The fourth-order valence-electron chi connectivity index (χ4n) is 5.42. The number of hydrogen-bond acceptors (Lipinski definition) is 6. The van der Waals surface area contributed by atoms with Gasteiger partial charge in [0, 0.05) is 35.5 Å². The quantitative estimate of drug-likeness (QED) is 0.455. The first-order valence-corrected chi connectivity index (χ1v) is 13.2. The molecular formula is C28H34N4O3S. The molecule has 1 N–H and O–H groups in total. The second kappa shape index (κ2) is 9.73. The van der Waals surface area contributed by atoms with Gasteiger partial charge in [0.1, 0.15) is 10.5 Å². The lowest BCUT2D eigenvalue weighted by atomic mass is 9.82. The van der Waals surface area contributed by atoms with Crippen LogP contribution in [0.2, 0.25) is 0 Å². The fourth-order valence-corrected chi connectivity index (χ4v) is 6.21. The number of amides is 1. The zero-order valence-corrected chi connectivity index (χ0v) is 22.5. The zero-order chi connectivity index (χ0) is 26.3. The number of hydrogen-bond donors (Lipinski definition) is 1. The van der Waals surface area contributed by atoms with E-state index in [-0.39, 0.29) is 29.6 Å². The Labute approximate surface area is 216 Å². The average Bonchev–Trinajstić information content (AvgIpc) is 3.45. The molecule has 3 aromatic rings. The van der Waals surface area contributed by atoms with Gasteiger partial charge in [-0.25, -0.2) is 9.78 Å². The lowest BCUT2D eigenvalue weighted by Crippen LogP contribution is -2.54. The average molecular weight is 507 g/mol. The summed E-state index contributed by atoms with van der Waals surface area (Å²) in [7, 11) is 0. The molecule has 1 aliphatic rings. The van der Waals surface area contributed by atoms with Gasteiger partial charge in [-0.15, -0.1) is 11.3 Å². The Morgan fingerprint density at radius 2 is 1.78 bits per heavy atom. The Balaban J connectivity index is 1.91. The number of rotatable bonds is 6. The normalized spacial score (nSPS) is 22.2. The number of benzene rings is 1. The van der Waals surface area contributed by atoms with Crippen LogP contribution in [0.5, 0.6) is 0 Å². The van der Waals surface area contributed by atoms with Crippen molar-refractivity contribution in [2.75, 3.05) is 0 Å². The van der Waals surface area contributed by atoms with Gasteiger partial charge in [0.05, 0.1) is 17.4 Å². The number of carbonyl (C=O) groups excluding carboxylic acids is 1. The van der Waals surface area contributed by atoms with E-state index in [1.807, 2.05) is 50.4 Å². The number of aliphatic carboxylic acids is 1. The molecule has 36 heavy (non-hydrogen) atoms. The minimum absolute atomic E-state index is 0.0540. The van der Waals surface area contributed by atoms with E-state index in [1.165, 1.54) is 11.3 Å². The maximum absolute atomic E-state index is 14.3. The van der Waals surface area contributed by atoms with Crippen LogP contribution >= 0.6 is 11.3 Å². The monoisotopic (exact) mass is 506 g/mol. The molecule has 0 saturated carbocycles. The predicted octanol–water partition coefficient (Wildman–Crippen LogP) is 5.78. The molecule has 1 fully saturated rings. The topological polar surface area (TPSA) is 96.3 Å². The van der Waals surface area contributed by atoms with E-state index in [9.17, 15) is 14.7 Å². The summed E-state index contributed by atoms with van der Waals surface area (Å²) < 4.78 is 0. The van der Waals surface area contributed by atoms with E-state index in [2.05, 4.69) is 35.7 Å². The zero-order valence-electron chi connectivity index (χ0n) is 21.7. The highest BCUT2D eigenvalue weighted by molar-refractivity contribution is 7.09. The number of nitrogens with zero attached hydrogens (tertiary/aromatic N) is 4. The van der Waals surface area contributed by atoms with Crippen molar-refractivity contribution in [2.24, 2.45) is 5.92 Å². The number of aryl methyl sites for hydroxylation is 1. The highest BCUT2D eigenvalue weighted by atomic mass is 32.1. The second-order valence-corrected chi connectivity index (χ2v) is 12.0. The highest BCUT2D eigenvalue weighted by Gasteiger charge is 2.60. The van der Waals surface area contributed by atoms with E-state index in [0.29, 0.717) is 22.7 Å². The van der Waals surface area contributed by atoms with Gasteiger partial charge >= 0.3 is 5.97 Å². The van der Waals surface area contributed by atoms with Gasteiger partial charge in [-0.05, 0) is 48.8 Å². The molecule has 1 saturated heterocycles. The molecule has 0 spiro atoms. The summed E-state index contributed by atoms with van der Waals surface area (Å²) in [5.74, 6) is -1.60. The summed E-state index contributed by atoms with van der Waals surface area (Å²) in [4.78, 5) is 42.6. The number of carboxylic acid groups (broad SMARTS) is 1. The van der Waals surface area contributed by atoms with E-state index < -0.39 is 17.6 Å². The van der Waals surface area contributed by atoms with Gasteiger partial charge in [0.15, 0.2) is 0 Å². The summed E-state index contributed by atoms with van der Waals surface area (Å²) in [5, 5.41) is 13.3. The maximum atomic E-state index is 14.3. The molecule has 8 heteroatoms. The van der Waals surface area contributed by atoms with Gasteiger partial charge in [-0.2, -0.15) is 0 Å². The van der Waals surface area contributed by atoms with Crippen LogP contribution in [0.1, 0.15) is 91.7 Å². The van der Waals surface area contributed by atoms with Crippen molar-refractivity contribution in [1.29, 1.82) is 0 Å². The first-order chi connectivity index (χ1) is 17.0. The minimum atomic E-state index is -1.40. The van der Waals surface area contributed by atoms with Crippen molar-refractivity contribution in [2.45, 2.75) is 77.3 Å². The first-order valence-electron chi connectivity index (χ1n) is 12.3. The van der Waals surface area contributed by atoms with Crippen molar-refractivity contribution in [3.8, 4) is 0 Å².